The van der Waals surface area contributed by atoms with E-state index in [-0.39, 0.29) is 16.8 Å². The molecule has 150 valence electrons. The lowest BCUT2D eigenvalue weighted by atomic mass is 10.1. The molecule has 3 rings (SSSR count). The first-order valence-electron chi connectivity index (χ1n) is 9.38. The molecule has 0 bridgehead atoms. The zero-order chi connectivity index (χ0) is 20.3. The van der Waals surface area contributed by atoms with Crippen LogP contribution in [0.5, 0.6) is 5.75 Å². The predicted octanol–water partition coefficient (Wildman–Crippen LogP) is 3.28. The van der Waals surface area contributed by atoms with Crippen LogP contribution >= 0.6 is 0 Å². The number of aryl methyl sites for hydroxylation is 1. The van der Waals surface area contributed by atoms with Crippen molar-refractivity contribution in [1.29, 1.82) is 0 Å². The van der Waals surface area contributed by atoms with Crippen LogP contribution in [-0.2, 0) is 10.0 Å². The van der Waals surface area contributed by atoms with Crippen LogP contribution in [0.3, 0.4) is 0 Å². The number of sulfonamides is 1. The predicted molar refractivity (Wildman–Crippen MR) is 108 cm³/mol. The van der Waals surface area contributed by atoms with Gasteiger partial charge in [0.2, 0.25) is 10.0 Å². The summed E-state index contributed by atoms with van der Waals surface area (Å²) in [6.07, 6.45) is 1.75. The van der Waals surface area contributed by atoms with Crippen LogP contribution in [0.25, 0.3) is 0 Å². The molecule has 1 aliphatic rings. The maximum Gasteiger partial charge on any atom is 0.252 e. The number of hydrogen-bond donors (Lipinski definition) is 1. The number of carbonyl (C=O) groups is 1. The van der Waals surface area contributed by atoms with Crippen LogP contribution in [0.1, 0.15) is 47.3 Å². The Morgan fingerprint density at radius 2 is 1.75 bits per heavy atom. The molecule has 1 atom stereocenters. The number of amides is 1. The van der Waals surface area contributed by atoms with Gasteiger partial charge in [-0.15, -0.1) is 0 Å². The molecule has 28 heavy (non-hydrogen) atoms. The molecule has 7 heteroatoms. The van der Waals surface area contributed by atoms with Crippen molar-refractivity contribution in [2.75, 3.05) is 20.2 Å². The normalized spacial score (nSPS) is 16.0. The van der Waals surface area contributed by atoms with Crippen molar-refractivity contribution in [1.82, 2.24) is 9.62 Å². The third kappa shape index (κ3) is 4.20. The van der Waals surface area contributed by atoms with Gasteiger partial charge < -0.3 is 10.1 Å². The number of benzene rings is 2. The second-order valence-electron chi connectivity index (χ2n) is 7.06. The monoisotopic (exact) mass is 402 g/mol. The summed E-state index contributed by atoms with van der Waals surface area (Å²) in [5.74, 6) is 0.456. The molecule has 0 aromatic heterocycles. The highest BCUT2D eigenvalue weighted by molar-refractivity contribution is 7.89. The van der Waals surface area contributed by atoms with Gasteiger partial charge in [0.25, 0.3) is 5.91 Å². The molecular weight excluding hydrogens is 376 g/mol. The summed E-state index contributed by atoms with van der Waals surface area (Å²) in [6.45, 7) is 4.76. The lowest BCUT2D eigenvalue weighted by Gasteiger charge is -2.18. The Hall–Kier alpha value is -2.38. The number of nitrogens with zero attached hydrogens (tertiary/aromatic N) is 1. The number of ether oxygens (including phenoxy) is 1. The minimum absolute atomic E-state index is 0.169. The van der Waals surface area contributed by atoms with Crippen LogP contribution in [-0.4, -0.2) is 38.8 Å². The molecule has 1 fully saturated rings. The molecule has 0 radical (unpaired) electrons. The van der Waals surface area contributed by atoms with Gasteiger partial charge in [0.05, 0.1) is 18.0 Å². The molecular formula is C21H26N2O4S. The molecule has 6 nitrogen and oxygen atoms in total. The maximum atomic E-state index is 12.8. The van der Waals surface area contributed by atoms with Gasteiger partial charge in [-0.1, -0.05) is 18.2 Å². The van der Waals surface area contributed by atoms with E-state index < -0.39 is 10.0 Å². The molecule has 1 saturated heterocycles. The van der Waals surface area contributed by atoms with Crippen molar-refractivity contribution in [2.24, 2.45) is 0 Å². The fourth-order valence-electron chi connectivity index (χ4n) is 3.33. The van der Waals surface area contributed by atoms with Crippen LogP contribution < -0.4 is 10.1 Å². The fraction of sp³-hybridized carbons (Fsp3) is 0.381. The van der Waals surface area contributed by atoms with Crippen LogP contribution in [0.15, 0.2) is 47.4 Å². The third-order valence-corrected chi connectivity index (χ3v) is 7.01. The van der Waals surface area contributed by atoms with Gasteiger partial charge >= 0.3 is 0 Å². The maximum absolute atomic E-state index is 12.8. The molecule has 0 unspecified atom stereocenters. The Bertz CT molecular complexity index is 949. The van der Waals surface area contributed by atoms with E-state index in [0.717, 1.165) is 29.7 Å². The largest absolute Gasteiger partial charge is 0.497 e. The van der Waals surface area contributed by atoms with Gasteiger partial charge in [0.1, 0.15) is 5.75 Å². The first kappa shape index (κ1) is 20.4. The SMILES string of the molecule is COc1ccc([C@@H](C)NC(=O)c2cc(S(=O)(=O)N3CCCC3)ccc2C)cc1. The molecule has 1 N–H and O–H groups in total. The number of carbonyl (C=O) groups excluding carboxylic acids is 1. The topological polar surface area (TPSA) is 75.7 Å². The second-order valence-corrected chi connectivity index (χ2v) is 8.99. The zero-order valence-electron chi connectivity index (χ0n) is 16.4. The quantitative estimate of drug-likeness (QED) is 0.805. The van der Waals surface area contributed by atoms with Gasteiger partial charge in [0.15, 0.2) is 0 Å². The Kier molecular flexibility index (Phi) is 6.05. The van der Waals surface area contributed by atoms with Crippen molar-refractivity contribution in [3.63, 3.8) is 0 Å². The van der Waals surface area contributed by atoms with E-state index >= 15 is 0 Å². The molecule has 2 aromatic carbocycles. The van der Waals surface area contributed by atoms with E-state index in [9.17, 15) is 13.2 Å². The number of methoxy groups -OCH3 is 1. The van der Waals surface area contributed by atoms with Gasteiger partial charge in [0, 0.05) is 18.7 Å². The Labute approximate surface area is 166 Å². The van der Waals surface area contributed by atoms with E-state index in [0.29, 0.717) is 18.7 Å². The van der Waals surface area contributed by atoms with Crippen molar-refractivity contribution in [3.05, 3.63) is 59.2 Å². The van der Waals surface area contributed by atoms with Crippen LogP contribution in [0.4, 0.5) is 0 Å². The summed E-state index contributed by atoms with van der Waals surface area (Å²) < 4.78 is 32.3. The summed E-state index contributed by atoms with van der Waals surface area (Å²) in [6, 6.07) is 12.0. The zero-order valence-corrected chi connectivity index (χ0v) is 17.3. The highest BCUT2D eigenvalue weighted by Crippen LogP contribution is 2.24. The Morgan fingerprint density at radius 3 is 2.36 bits per heavy atom. The highest BCUT2D eigenvalue weighted by atomic mass is 32.2. The van der Waals surface area contributed by atoms with E-state index in [4.69, 9.17) is 4.74 Å². The van der Waals surface area contributed by atoms with Crippen molar-refractivity contribution < 1.29 is 17.9 Å². The summed E-state index contributed by atoms with van der Waals surface area (Å²) in [7, 11) is -1.96. The standard InChI is InChI=1S/C21H26N2O4S/c1-15-6-11-19(28(25,26)23-12-4-5-13-23)14-20(15)21(24)22-16(2)17-7-9-18(27-3)10-8-17/h6-11,14,16H,4-5,12-13H2,1-3H3,(H,22,24)/t16-/m1/s1. The molecule has 0 spiro atoms. The van der Waals surface area contributed by atoms with Gasteiger partial charge in [-0.05, 0) is 62.1 Å². The smallest absolute Gasteiger partial charge is 0.252 e. The molecule has 0 saturated carbocycles. The molecule has 1 heterocycles. The summed E-state index contributed by atoms with van der Waals surface area (Å²) in [5.41, 5.74) is 2.05. The van der Waals surface area contributed by atoms with E-state index in [2.05, 4.69) is 5.32 Å². The van der Waals surface area contributed by atoms with Crippen LogP contribution in [0, 0.1) is 6.92 Å². The Balaban J connectivity index is 1.81. The molecule has 0 aliphatic carbocycles. The van der Waals surface area contributed by atoms with E-state index in [1.807, 2.05) is 31.2 Å². The number of hydrogen-bond acceptors (Lipinski definition) is 4. The summed E-state index contributed by atoms with van der Waals surface area (Å²) >= 11 is 0. The average Bonchev–Trinajstić information content (AvgIpc) is 3.24. The minimum Gasteiger partial charge on any atom is -0.497 e. The second kappa shape index (κ2) is 8.32. The van der Waals surface area contributed by atoms with E-state index in [1.54, 1.807) is 26.2 Å². The lowest BCUT2D eigenvalue weighted by Crippen LogP contribution is -2.29. The molecule has 1 amide bonds. The first-order valence-corrected chi connectivity index (χ1v) is 10.8. The number of nitrogens with one attached hydrogen (secondary N) is 1. The Morgan fingerprint density at radius 1 is 1.11 bits per heavy atom. The van der Waals surface area contributed by atoms with E-state index in [1.165, 1.54) is 10.4 Å². The van der Waals surface area contributed by atoms with Crippen LogP contribution in [0.2, 0.25) is 0 Å². The first-order chi connectivity index (χ1) is 13.3. The fourth-order valence-corrected chi connectivity index (χ4v) is 4.88. The van der Waals surface area contributed by atoms with Gasteiger partial charge in [-0.3, -0.25) is 4.79 Å². The summed E-state index contributed by atoms with van der Waals surface area (Å²) in [5, 5.41) is 2.95. The van der Waals surface area contributed by atoms with Gasteiger partial charge in [-0.25, -0.2) is 8.42 Å². The lowest BCUT2D eigenvalue weighted by molar-refractivity contribution is 0.0939. The minimum atomic E-state index is -3.56. The van der Waals surface area contributed by atoms with Crippen molar-refractivity contribution in [3.8, 4) is 5.75 Å². The molecule has 2 aromatic rings. The average molecular weight is 403 g/mol. The van der Waals surface area contributed by atoms with Crippen molar-refractivity contribution in [2.45, 2.75) is 37.6 Å². The highest BCUT2D eigenvalue weighted by Gasteiger charge is 2.28. The molecule has 1 aliphatic heterocycles. The van der Waals surface area contributed by atoms with Crippen molar-refractivity contribution >= 4 is 15.9 Å². The summed E-state index contributed by atoms with van der Waals surface area (Å²) in [4.78, 5) is 13.0. The number of rotatable bonds is 6. The third-order valence-electron chi connectivity index (χ3n) is 5.12. The van der Waals surface area contributed by atoms with Gasteiger partial charge in [-0.2, -0.15) is 4.31 Å².